The van der Waals surface area contributed by atoms with Crippen LogP contribution < -0.4 is 21.3 Å². The third-order valence-electron chi connectivity index (χ3n) is 9.12. The smallest absolute Gasteiger partial charge is 0.229 e. The predicted molar refractivity (Wildman–Crippen MR) is 264 cm³/mol. The van der Waals surface area contributed by atoms with E-state index in [1.54, 1.807) is 62.8 Å². The lowest BCUT2D eigenvalue weighted by Crippen LogP contribution is -2.09. The van der Waals surface area contributed by atoms with Crippen LogP contribution in [-0.4, -0.2) is 34.2 Å². The van der Waals surface area contributed by atoms with E-state index >= 15 is 0 Å². The van der Waals surface area contributed by atoms with Crippen molar-refractivity contribution in [2.45, 2.75) is 48.3 Å². The molecule has 0 aliphatic heterocycles. The first-order valence-corrected chi connectivity index (χ1v) is 20.4. The molecule has 14 nitrogen and oxygen atoms in total. The minimum atomic E-state index is 0. The number of ether oxygens (including phenoxy) is 2. The SMILES string of the molecule is C.COCc1cc(Nc2c(C)cc(/C=C/C#N)cc2C)nc(Nc2ccc(C#N)cc2)n1.COCc1nc(Nc2ccc(C#N)cc2)nc(Nc2c(C)cc(/C=C/C#N)cc2C)c1I.[2HH]. The molecule has 0 aliphatic rings. The van der Waals surface area contributed by atoms with Gasteiger partial charge in [0.25, 0.3) is 0 Å². The summed E-state index contributed by atoms with van der Waals surface area (Å²) >= 11 is 2.22. The lowest BCUT2D eigenvalue weighted by molar-refractivity contribution is 0.181. The maximum atomic E-state index is 8.99. The van der Waals surface area contributed by atoms with Gasteiger partial charge < -0.3 is 30.7 Å². The maximum Gasteiger partial charge on any atom is 0.229 e. The fraction of sp³-hybridized carbons (Fsp3) is 0.184. The van der Waals surface area contributed by atoms with Crippen molar-refractivity contribution in [3.8, 4) is 24.3 Å². The Kier molecular flexibility index (Phi) is 18.4. The monoisotopic (exact) mass is 965 g/mol. The van der Waals surface area contributed by atoms with Gasteiger partial charge in [0.05, 0.1) is 63.6 Å². The molecule has 0 unspecified atom stereocenters. The number of aryl methyl sites for hydroxylation is 4. The third kappa shape index (κ3) is 13.7. The number of nitrogens with one attached hydrogen (secondary N) is 4. The average Bonchev–Trinajstić information content (AvgIpc) is 3.27. The highest BCUT2D eigenvalue weighted by Gasteiger charge is 2.16. The summed E-state index contributed by atoms with van der Waals surface area (Å²) < 4.78 is 11.4. The minimum absolute atomic E-state index is 0. The van der Waals surface area contributed by atoms with Crippen molar-refractivity contribution in [2.75, 3.05) is 35.5 Å². The molecule has 0 bridgehead atoms. The number of methoxy groups -OCH3 is 2. The van der Waals surface area contributed by atoms with Gasteiger partial charge in [-0.15, -0.1) is 0 Å². The number of nitriles is 4. The van der Waals surface area contributed by atoms with Crippen LogP contribution in [0.1, 0.15) is 64.7 Å². The maximum absolute atomic E-state index is 8.99. The summed E-state index contributed by atoms with van der Waals surface area (Å²) in [4.78, 5) is 18.4. The van der Waals surface area contributed by atoms with Crippen LogP contribution in [0, 0.1) is 76.6 Å². The summed E-state index contributed by atoms with van der Waals surface area (Å²) in [6.07, 6.45) is 6.50. The fourth-order valence-corrected chi connectivity index (χ4v) is 6.84. The van der Waals surface area contributed by atoms with Gasteiger partial charge in [-0.2, -0.15) is 31.0 Å². The van der Waals surface area contributed by atoms with Crippen LogP contribution >= 0.6 is 22.6 Å². The van der Waals surface area contributed by atoms with E-state index in [-0.39, 0.29) is 8.85 Å². The van der Waals surface area contributed by atoms with E-state index < -0.39 is 0 Å². The summed E-state index contributed by atoms with van der Waals surface area (Å²) in [5, 5.41) is 48.7. The summed E-state index contributed by atoms with van der Waals surface area (Å²) in [6.45, 7) is 8.72. The van der Waals surface area contributed by atoms with Crippen LogP contribution in [0.15, 0.2) is 91.0 Å². The van der Waals surface area contributed by atoms with E-state index in [1.807, 2.05) is 82.3 Å². The molecule has 0 radical (unpaired) electrons. The molecule has 324 valence electrons. The average molecular weight is 966 g/mol. The molecule has 4 aromatic carbocycles. The van der Waals surface area contributed by atoms with Gasteiger partial charge in [0, 0.05) is 56.6 Å². The molecule has 0 amide bonds. The van der Waals surface area contributed by atoms with Gasteiger partial charge in [0.15, 0.2) is 0 Å². The lowest BCUT2D eigenvalue weighted by atomic mass is 10.0. The van der Waals surface area contributed by atoms with Crippen LogP contribution in [0.25, 0.3) is 12.2 Å². The molecule has 0 saturated carbocycles. The highest BCUT2D eigenvalue weighted by atomic mass is 127. The van der Waals surface area contributed by atoms with E-state index in [0.717, 1.165) is 71.1 Å². The first-order valence-electron chi connectivity index (χ1n) is 19.3. The molecule has 2 heterocycles. The van der Waals surface area contributed by atoms with Crippen molar-refractivity contribution in [3.63, 3.8) is 0 Å². The molecule has 0 fully saturated rings. The molecule has 0 aliphatic carbocycles. The Morgan fingerprint density at radius 3 is 1.48 bits per heavy atom. The van der Waals surface area contributed by atoms with Gasteiger partial charge in [-0.05, 0) is 169 Å². The number of hydrogen-bond acceptors (Lipinski definition) is 14. The lowest BCUT2D eigenvalue weighted by Gasteiger charge is -2.17. The molecule has 15 heteroatoms. The molecule has 0 atom stereocenters. The zero-order chi connectivity index (χ0) is 45.3. The van der Waals surface area contributed by atoms with Gasteiger partial charge in [-0.25, -0.2) is 9.97 Å². The number of benzene rings is 4. The Morgan fingerprint density at radius 1 is 0.594 bits per heavy atom. The molecule has 4 N–H and O–H groups in total. The first kappa shape index (κ1) is 49.0. The number of rotatable bonds is 14. The van der Waals surface area contributed by atoms with E-state index in [1.165, 1.54) is 12.2 Å². The molecule has 0 saturated heterocycles. The molecular formula is C49H49IN12O2. The molecule has 0 spiro atoms. The van der Waals surface area contributed by atoms with Crippen molar-refractivity contribution < 1.29 is 10.9 Å². The molecular weight excluding hydrogens is 916 g/mol. The van der Waals surface area contributed by atoms with Crippen molar-refractivity contribution in [1.82, 2.24) is 19.9 Å². The zero-order valence-corrected chi connectivity index (χ0v) is 37.7. The highest BCUT2D eigenvalue weighted by molar-refractivity contribution is 14.1. The molecule has 6 aromatic rings. The zero-order valence-electron chi connectivity index (χ0n) is 35.5. The molecule has 64 heavy (non-hydrogen) atoms. The molecule has 6 rings (SSSR count). The second-order valence-electron chi connectivity index (χ2n) is 14.0. The topological polar surface area (TPSA) is 213 Å². The van der Waals surface area contributed by atoms with Crippen LogP contribution in [0.4, 0.5) is 46.3 Å². The summed E-state index contributed by atoms with van der Waals surface area (Å²) in [5.74, 6) is 2.14. The number of anilines is 8. The van der Waals surface area contributed by atoms with E-state index in [2.05, 4.69) is 75.9 Å². The van der Waals surface area contributed by atoms with Crippen molar-refractivity contribution in [3.05, 3.63) is 150 Å². The summed E-state index contributed by atoms with van der Waals surface area (Å²) in [5.41, 5.74) is 12.2. The van der Waals surface area contributed by atoms with Crippen LogP contribution in [0.2, 0.25) is 0 Å². The van der Waals surface area contributed by atoms with Crippen molar-refractivity contribution in [2.24, 2.45) is 0 Å². The van der Waals surface area contributed by atoms with Crippen LogP contribution in [0.3, 0.4) is 0 Å². The van der Waals surface area contributed by atoms with E-state index in [9.17, 15) is 0 Å². The number of aromatic nitrogens is 4. The number of hydrogen-bond donors (Lipinski definition) is 4. The Labute approximate surface area is 389 Å². The first-order chi connectivity index (χ1) is 30.5. The summed E-state index contributed by atoms with van der Waals surface area (Å²) in [7, 11) is 3.24. The number of nitrogens with zero attached hydrogens (tertiary/aromatic N) is 8. The predicted octanol–water partition coefficient (Wildman–Crippen LogP) is 11.8. The van der Waals surface area contributed by atoms with Gasteiger partial charge in [-0.3, -0.25) is 0 Å². The Hall–Kier alpha value is -7.67. The summed E-state index contributed by atoms with van der Waals surface area (Å²) in [6, 6.07) is 32.3. The Bertz CT molecular complexity index is 2770. The van der Waals surface area contributed by atoms with E-state index in [4.69, 9.17) is 30.5 Å². The van der Waals surface area contributed by atoms with Crippen molar-refractivity contribution in [1.29, 1.82) is 21.0 Å². The second-order valence-corrected chi connectivity index (χ2v) is 15.0. The Balaban J connectivity index is 0.000000335. The number of allylic oxidation sites excluding steroid dienone is 2. The standard InChI is InChI=1S/C24H21IN6O.C24H22N6O.CH4.H2/c1-15-11-18(5-4-10-26)12-16(2)22(15)30-23-21(25)20(14-32-3)29-24(31-23)28-19-8-6-17(13-27)7-9-19;1-16-11-19(5-4-10-25)12-17(2)23(16)29-22-13-21(15-31-3)28-24(30-22)27-20-8-6-18(14-26)7-9-20;;/h4-9,11-12H,14H2,1-3H3,(H2,28,29,30,31);4-9,11-13H,15H2,1-3H3,(H2,27,28,29,30);1H4;1H/b2*5-4+;;/i;;;1+1. The largest absolute Gasteiger partial charge is 0.378 e. The third-order valence-corrected chi connectivity index (χ3v) is 10.3. The van der Waals surface area contributed by atoms with Gasteiger partial charge >= 0.3 is 0 Å². The molecule has 2 aromatic heterocycles. The van der Waals surface area contributed by atoms with Crippen molar-refractivity contribution >= 4 is 81.0 Å². The van der Waals surface area contributed by atoms with Gasteiger partial charge in [-0.1, -0.05) is 7.43 Å². The van der Waals surface area contributed by atoms with Crippen LogP contribution in [-0.2, 0) is 22.7 Å². The Morgan fingerprint density at radius 2 is 1.05 bits per heavy atom. The van der Waals surface area contributed by atoms with E-state index in [0.29, 0.717) is 47.9 Å². The highest BCUT2D eigenvalue weighted by Crippen LogP contribution is 2.31. The fourth-order valence-electron chi connectivity index (χ4n) is 6.31. The van der Waals surface area contributed by atoms with Gasteiger partial charge in [0.1, 0.15) is 11.6 Å². The number of halogens is 1. The van der Waals surface area contributed by atoms with Gasteiger partial charge in [0.2, 0.25) is 11.9 Å². The van der Waals surface area contributed by atoms with Crippen LogP contribution in [0.5, 0.6) is 0 Å². The minimum Gasteiger partial charge on any atom is -0.378 e. The second kappa shape index (κ2) is 24.1. The normalized spacial score (nSPS) is 10.4. The quantitative estimate of drug-likeness (QED) is 0.0591.